The van der Waals surface area contributed by atoms with Crippen molar-refractivity contribution in [3.8, 4) is 11.3 Å². The Morgan fingerprint density at radius 1 is 1.20 bits per heavy atom. The fourth-order valence-corrected chi connectivity index (χ4v) is 2.96. The van der Waals surface area contributed by atoms with Crippen molar-refractivity contribution in [3.05, 3.63) is 82.2 Å². The van der Waals surface area contributed by atoms with Gasteiger partial charge in [-0.2, -0.15) is 0 Å². The van der Waals surface area contributed by atoms with E-state index in [1.807, 2.05) is 0 Å². The molecule has 0 atom stereocenters. The molecule has 0 saturated carbocycles. The molecule has 2 N–H and O–H groups in total. The Morgan fingerprint density at radius 2 is 1.87 bits per heavy atom. The summed E-state index contributed by atoms with van der Waals surface area (Å²) in [4.78, 5) is 28.8. The number of carbonyl (C=O) groups is 1. The van der Waals surface area contributed by atoms with Crippen molar-refractivity contribution >= 4 is 23.3 Å². The van der Waals surface area contributed by atoms with Crippen molar-refractivity contribution in [3.63, 3.8) is 0 Å². The molecule has 1 heterocycles. The van der Waals surface area contributed by atoms with Gasteiger partial charge < -0.3 is 10.5 Å². The summed E-state index contributed by atoms with van der Waals surface area (Å²) in [5.74, 6) is -1.01. The third-order valence-electron chi connectivity index (χ3n) is 4.29. The molecule has 8 nitrogen and oxygen atoms in total. The van der Waals surface area contributed by atoms with Gasteiger partial charge in [-0.1, -0.05) is 42.5 Å². The number of hydrogen-bond donors (Lipinski definition) is 1. The quantitative estimate of drug-likeness (QED) is 0.472. The number of nitro groups is 1. The Balaban J connectivity index is 2.20. The Hall–Kier alpha value is -4.01. The number of rotatable bonds is 6. The Labute approximate surface area is 171 Å². The molecular weight excluding hydrogens is 391 g/mol. The van der Waals surface area contributed by atoms with Crippen LogP contribution in [-0.4, -0.2) is 22.6 Å². The lowest BCUT2D eigenvalue weighted by Gasteiger charge is -2.23. The number of benzene rings is 2. The summed E-state index contributed by atoms with van der Waals surface area (Å²) in [7, 11) is 0. The number of carbonyl (C=O) groups excluding carboxylic acids is 1. The van der Waals surface area contributed by atoms with E-state index in [-0.39, 0.29) is 30.1 Å². The lowest BCUT2D eigenvalue weighted by atomic mass is 10.1. The minimum Gasteiger partial charge on any atom is -0.449 e. The predicted molar refractivity (Wildman–Crippen MR) is 110 cm³/mol. The van der Waals surface area contributed by atoms with E-state index in [0.717, 1.165) is 4.90 Å². The molecule has 2 aromatic carbocycles. The van der Waals surface area contributed by atoms with Crippen molar-refractivity contribution in [1.82, 2.24) is 4.98 Å². The standard InChI is InChI=1S/C21H19FN4O4/c1-2-30-21(27)25(13-14-8-4-3-5-9-14)18-12-17(15-10-6-7-11-16(15)22)24-20(23)19(18)26(28)29/h3-12H,2,13H2,1H3,(H2,23,24). The van der Waals surface area contributed by atoms with Crippen molar-refractivity contribution in [1.29, 1.82) is 0 Å². The van der Waals surface area contributed by atoms with Crippen molar-refractivity contribution in [2.45, 2.75) is 13.5 Å². The van der Waals surface area contributed by atoms with Gasteiger partial charge in [0.2, 0.25) is 5.82 Å². The minimum absolute atomic E-state index is 0.0132. The van der Waals surface area contributed by atoms with Crippen LogP contribution in [0.1, 0.15) is 12.5 Å². The van der Waals surface area contributed by atoms with Crippen molar-refractivity contribution in [2.24, 2.45) is 0 Å². The number of amides is 1. The molecule has 0 spiro atoms. The second-order valence-corrected chi connectivity index (χ2v) is 6.27. The lowest BCUT2D eigenvalue weighted by Crippen LogP contribution is -2.32. The van der Waals surface area contributed by atoms with Crippen LogP contribution in [0.15, 0.2) is 60.7 Å². The van der Waals surface area contributed by atoms with Crippen LogP contribution < -0.4 is 10.6 Å². The molecule has 3 aromatic rings. The van der Waals surface area contributed by atoms with Gasteiger partial charge in [0.25, 0.3) is 0 Å². The molecule has 1 amide bonds. The topological polar surface area (TPSA) is 112 Å². The molecule has 0 aliphatic rings. The average Bonchev–Trinajstić information content (AvgIpc) is 2.72. The van der Waals surface area contributed by atoms with E-state index in [2.05, 4.69) is 4.98 Å². The minimum atomic E-state index is -0.797. The molecule has 154 valence electrons. The highest BCUT2D eigenvalue weighted by atomic mass is 19.1. The van der Waals surface area contributed by atoms with Crippen LogP contribution in [0.4, 0.5) is 26.4 Å². The Morgan fingerprint density at radius 3 is 2.50 bits per heavy atom. The van der Waals surface area contributed by atoms with Gasteiger partial charge in [-0.15, -0.1) is 0 Å². The zero-order valence-corrected chi connectivity index (χ0v) is 16.1. The second-order valence-electron chi connectivity index (χ2n) is 6.27. The average molecular weight is 410 g/mol. The normalized spacial score (nSPS) is 10.5. The summed E-state index contributed by atoms with van der Waals surface area (Å²) in [5, 5.41) is 11.7. The lowest BCUT2D eigenvalue weighted by molar-refractivity contribution is -0.383. The van der Waals surface area contributed by atoms with Crippen LogP contribution in [-0.2, 0) is 11.3 Å². The third kappa shape index (κ3) is 4.35. The van der Waals surface area contributed by atoms with E-state index in [1.165, 1.54) is 24.3 Å². The number of pyridine rings is 1. The largest absolute Gasteiger partial charge is 0.449 e. The van der Waals surface area contributed by atoms with Gasteiger partial charge in [0.15, 0.2) is 0 Å². The zero-order valence-electron chi connectivity index (χ0n) is 16.1. The fourth-order valence-electron chi connectivity index (χ4n) is 2.96. The van der Waals surface area contributed by atoms with E-state index in [0.29, 0.717) is 5.56 Å². The van der Waals surface area contributed by atoms with E-state index in [4.69, 9.17) is 10.5 Å². The van der Waals surface area contributed by atoms with Crippen molar-refractivity contribution in [2.75, 3.05) is 17.2 Å². The highest BCUT2D eigenvalue weighted by Crippen LogP contribution is 2.38. The smallest absolute Gasteiger partial charge is 0.414 e. The Bertz CT molecular complexity index is 1080. The zero-order chi connectivity index (χ0) is 21.7. The van der Waals surface area contributed by atoms with Crippen LogP contribution in [0.25, 0.3) is 11.3 Å². The van der Waals surface area contributed by atoms with Gasteiger partial charge in [-0.3, -0.25) is 15.0 Å². The maximum atomic E-state index is 14.3. The molecule has 0 fully saturated rings. The van der Waals surface area contributed by atoms with Gasteiger partial charge in [0.1, 0.15) is 11.5 Å². The molecule has 0 aliphatic heterocycles. The monoisotopic (exact) mass is 410 g/mol. The number of hydrogen-bond acceptors (Lipinski definition) is 6. The van der Waals surface area contributed by atoms with E-state index in [9.17, 15) is 19.3 Å². The first-order valence-electron chi connectivity index (χ1n) is 9.10. The second kappa shape index (κ2) is 8.99. The first kappa shape index (κ1) is 20.7. The summed E-state index contributed by atoms with van der Waals surface area (Å²) in [6, 6.07) is 16.0. The van der Waals surface area contributed by atoms with Crippen LogP contribution in [0.2, 0.25) is 0 Å². The highest BCUT2D eigenvalue weighted by molar-refractivity contribution is 5.93. The first-order valence-corrected chi connectivity index (χ1v) is 9.10. The number of ether oxygens (including phenoxy) is 1. The number of halogens is 1. The molecular formula is C21H19FN4O4. The maximum Gasteiger partial charge on any atom is 0.414 e. The molecule has 3 rings (SSSR count). The molecule has 30 heavy (non-hydrogen) atoms. The first-order chi connectivity index (χ1) is 14.4. The van der Waals surface area contributed by atoms with Gasteiger partial charge in [-0.25, -0.2) is 14.2 Å². The summed E-state index contributed by atoms with van der Waals surface area (Å²) < 4.78 is 19.4. The van der Waals surface area contributed by atoms with Crippen LogP contribution >= 0.6 is 0 Å². The number of nitrogens with zero attached hydrogens (tertiary/aromatic N) is 3. The maximum absolute atomic E-state index is 14.3. The van der Waals surface area contributed by atoms with E-state index < -0.39 is 28.3 Å². The van der Waals surface area contributed by atoms with Crippen LogP contribution in [0, 0.1) is 15.9 Å². The van der Waals surface area contributed by atoms with Gasteiger partial charge >= 0.3 is 11.8 Å². The molecule has 0 aliphatic carbocycles. The van der Waals surface area contributed by atoms with E-state index >= 15 is 0 Å². The molecule has 0 radical (unpaired) electrons. The number of nitrogen functional groups attached to an aromatic ring is 1. The highest BCUT2D eigenvalue weighted by Gasteiger charge is 2.30. The Kier molecular flexibility index (Phi) is 6.21. The van der Waals surface area contributed by atoms with Crippen LogP contribution in [0.5, 0.6) is 0 Å². The predicted octanol–water partition coefficient (Wildman–Crippen LogP) is 4.54. The summed E-state index contributed by atoms with van der Waals surface area (Å²) in [6.45, 7) is 1.68. The molecule has 0 unspecified atom stereocenters. The molecule has 0 saturated heterocycles. The van der Waals surface area contributed by atoms with Gasteiger partial charge in [0, 0.05) is 5.56 Å². The van der Waals surface area contributed by atoms with Gasteiger partial charge in [0.05, 0.1) is 23.8 Å². The van der Waals surface area contributed by atoms with Crippen LogP contribution in [0.3, 0.4) is 0 Å². The van der Waals surface area contributed by atoms with Crippen molar-refractivity contribution < 1.29 is 18.8 Å². The molecule has 9 heteroatoms. The number of anilines is 2. The fraction of sp³-hybridized carbons (Fsp3) is 0.143. The number of nitrogens with two attached hydrogens (primary N) is 1. The summed E-state index contributed by atoms with van der Waals surface area (Å²) in [5.41, 5.74) is 6.05. The third-order valence-corrected chi connectivity index (χ3v) is 4.29. The SMILES string of the molecule is CCOC(=O)N(Cc1ccccc1)c1cc(-c2ccccc2F)nc(N)c1[N+](=O)[O-]. The van der Waals surface area contributed by atoms with E-state index in [1.54, 1.807) is 43.3 Å². The molecule has 0 bridgehead atoms. The van der Waals surface area contributed by atoms with Gasteiger partial charge in [-0.05, 0) is 30.7 Å². The molecule has 1 aromatic heterocycles. The number of aromatic nitrogens is 1. The summed E-state index contributed by atoms with van der Waals surface area (Å²) in [6.07, 6.45) is -0.797. The summed E-state index contributed by atoms with van der Waals surface area (Å²) >= 11 is 0.